The maximum Gasteiger partial charge on any atom is 0.268 e. The number of halogens is 1. The summed E-state index contributed by atoms with van der Waals surface area (Å²) in [5.41, 5.74) is 7.77. The molecule has 11 nitrogen and oxygen atoms in total. The Kier molecular flexibility index (Phi) is 11.2. The van der Waals surface area contributed by atoms with Gasteiger partial charge in [0.05, 0.1) is 16.5 Å². The molecular formula is C46H51ClN6O5S. The normalized spacial score (nSPS) is 18.7. The molecule has 1 aromatic heterocycles. The van der Waals surface area contributed by atoms with Crippen LogP contribution in [0.4, 0.5) is 11.4 Å². The summed E-state index contributed by atoms with van der Waals surface area (Å²) in [5.74, 6) is 0.0297. The number of ether oxygens (including phenoxy) is 1. The van der Waals surface area contributed by atoms with Crippen LogP contribution in [0.15, 0.2) is 102 Å². The van der Waals surface area contributed by atoms with Crippen molar-refractivity contribution < 1.29 is 22.7 Å². The number of aromatic amines is 1. The van der Waals surface area contributed by atoms with Gasteiger partial charge in [0.2, 0.25) is 5.91 Å². The number of allylic oxidation sites excluding steroid dienone is 1. The molecular weight excluding hydrogens is 784 g/mol. The second-order valence-electron chi connectivity index (χ2n) is 16.9. The van der Waals surface area contributed by atoms with Crippen molar-refractivity contribution in [3.63, 3.8) is 0 Å². The molecule has 308 valence electrons. The summed E-state index contributed by atoms with van der Waals surface area (Å²) in [6.07, 6.45) is 5.49. The van der Waals surface area contributed by atoms with Gasteiger partial charge in [0, 0.05) is 92.3 Å². The number of fused-ring (bicyclic) bond motifs is 1. The third-order valence-electron chi connectivity index (χ3n) is 11.9. The third-order valence-corrected chi connectivity index (χ3v) is 13.5. The van der Waals surface area contributed by atoms with Crippen molar-refractivity contribution in [1.82, 2.24) is 19.5 Å². The fourth-order valence-electron chi connectivity index (χ4n) is 8.48. The molecule has 3 N–H and O–H groups in total. The van der Waals surface area contributed by atoms with Crippen molar-refractivity contribution in [3.05, 3.63) is 118 Å². The van der Waals surface area contributed by atoms with Crippen molar-refractivity contribution in [2.75, 3.05) is 56.5 Å². The minimum Gasteiger partial charge on any atom is -0.456 e. The van der Waals surface area contributed by atoms with E-state index in [4.69, 9.17) is 16.3 Å². The molecule has 1 unspecified atom stereocenters. The number of nitrogens with one attached hydrogen (secondary N) is 3. The van der Waals surface area contributed by atoms with E-state index in [2.05, 4.69) is 50.8 Å². The monoisotopic (exact) mass is 834 g/mol. The molecule has 2 saturated heterocycles. The SMILES string of the molecule is Cc1cc(S(=O)(=O)NC(=O)c2ccc(N3CCN(CC4=C(c5ccc(Cl)cc5)CC(C)(C)CC4)CC3)cc2Oc2ccc3[nH]ccc3c2)ccc1NC1CC(=O)N(C)C1. The molecule has 2 fully saturated rings. The van der Waals surface area contributed by atoms with E-state index in [1.54, 1.807) is 31.0 Å². The number of hydrogen-bond acceptors (Lipinski definition) is 8. The molecule has 13 heteroatoms. The van der Waals surface area contributed by atoms with Crippen LogP contribution in [0.5, 0.6) is 11.5 Å². The molecule has 59 heavy (non-hydrogen) atoms. The standard InChI is InChI=1S/C46H51ClN6O5S/c1-30-23-38(11-14-41(30)49-35-25-44(54)51(4)29-35)59(56,57)50-45(55)39-12-9-36(26-43(39)58-37-10-13-42-32(24-37)16-18-48-42)53-21-19-52(20-22-53)28-33-15-17-46(2,3)27-40(33)31-5-7-34(47)8-6-31/h5-14,16,18,23-24,26,35,48-49H,15,17,19-22,25,27-29H2,1-4H3,(H,50,55). The van der Waals surface area contributed by atoms with Gasteiger partial charge >= 0.3 is 0 Å². The second kappa shape index (κ2) is 16.4. The average Bonchev–Trinajstić information content (AvgIpc) is 3.80. The number of piperazine rings is 1. The largest absolute Gasteiger partial charge is 0.456 e. The van der Waals surface area contributed by atoms with Gasteiger partial charge in [0.1, 0.15) is 11.5 Å². The molecule has 0 spiro atoms. The highest BCUT2D eigenvalue weighted by atomic mass is 35.5. The van der Waals surface area contributed by atoms with Gasteiger partial charge in [-0.2, -0.15) is 0 Å². The van der Waals surface area contributed by atoms with Crippen LogP contribution in [0, 0.1) is 12.3 Å². The summed E-state index contributed by atoms with van der Waals surface area (Å²) in [6.45, 7) is 11.3. The molecule has 0 saturated carbocycles. The zero-order chi connectivity index (χ0) is 41.5. The number of benzene rings is 4. The minimum atomic E-state index is -4.26. The molecule has 8 rings (SSSR count). The maximum absolute atomic E-state index is 13.9. The van der Waals surface area contributed by atoms with Gasteiger partial charge in [-0.1, -0.05) is 43.2 Å². The number of hydrogen-bond donors (Lipinski definition) is 3. The number of carbonyl (C=O) groups excluding carboxylic acids is 2. The van der Waals surface area contributed by atoms with Crippen molar-refractivity contribution in [3.8, 4) is 11.5 Å². The average molecular weight is 835 g/mol. The van der Waals surface area contributed by atoms with E-state index in [0.717, 1.165) is 79.3 Å². The highest BCUT2D eigenvalue weighted by molar-refractivity contribution is 7.90. The minimum absolute atomic E-state index is 0.0450. The van der Waals surface area contributed by atoms with Crippen LogP contribution in [0.2, 0.25) is 5.02 Å². The van der Waals surface area contributed by atoms with Crippen molar-refractivity contribution in [2.24, 2.45) is 5.41 Å². The van der Waals surface area contributed by atoms with Crippen LogP contribution in [-0.4, -0.2) is 87.4 Å². The number of nitrogens with zero attached hydrogens (tertiary/aromatic N) is 3. The molecule has 4 aromatic carbocycles. The zero-order valence-electron chi connectivity index (χ0n) is 34.0. The van der Waals surface area contributed by atoms with Crippen LogP contribution in [-0.2, 0) is 14.8 Å². The number of likely N-dealkylation sites (N-methyl/N-ethyl adjacent to an activating group) is 1. The summed E-state index contributed by atoms with van der Waals surface area (Å²) in [7, 11) is -2.50. The highest BCUT2D eigenvalue weighted by Gasteiger charge is 2.31. The lowest BCUT2D eigenvalue weighted by Gasteiger charge is -2.39. The number of H-pyrrole nitrogens is 1. The van der Waals surface area contributed by atoms with E-state index in [-0.39, 0.29) is 33.6 Å². The number of aryl methyl sites for hydroxylation is 1. The number of aromatic nitrogens is 1. The molecule has 2 amide bonds. The van der Waals surface area contributed by atoms with E-state index in [1.165, 1.54) is 28.8 Å². The van der Waals surface area contributed by atoms with Crippen LogP contribution in [0.3, 0.4) is 0 Å². The number of sulfonamides is 1. The predicted octanol–water partition coefficient (Wildman–Crippen LogP) is 8.47. The van der Waals surface area contributed by atoms with E-state index >= 15 is 0 Å². The number of carbonyl (C=O) groups is 2. The quantitative estimate of drug-likeness (QED) is 0.121. The summed E-state index contributed by atoms with van der Waals surface area (Å²) < 4.78 is 36.0. The van der Waals surface area contributed by atoms with Crippen LogP contribution >= 0.6 is 11.6 Å². The number of amides is 2. The van der Waals surface area contributed by atoms with E-state index < -0.39 is 15.9 Å². The fourth-order valence-corrected chi connectivity index (χ4v) is 9.66. The van der Waals surface area contributed by atoms with Crippen molar-refractivity contribution in [1.29, 1.82) is 0 Å². The van der Waals surface area contributed by atoms with Crippen LogP contribution < -0.4 is 19.7 Å². The number of anilines is 2. The van der Waals surface area contributed by atoms with Gasteiger partial charge in [-0.25, -0.2) is 13.1 Å². The second-order valence-corrected chi connectivity index (χ2v) is 19.1. The highest BCUT2D eigenvalue weighted by Crippen LogP contribution is 2.43. The van der Waals surface area contributed by atoms with E-state index in [9.17, 15) is 18.0 Å². The summed E-state index contributed by atoms with van der Waals surface area (Å²) >= 11 is 6.25. The molecule has 3 aliphatic rings. The molecule has 1 atom stereocenters. The first-order valence-electron chi connectivity index (χ1n) is 20.2. The zero-order valence-corrected chi connectivity index (χ0v) is 35.6. The Labute approximate surface area is 351 Å². The van der Waals surface area contributed by atoms with E-state index in [0.29, 0.717) is 24.3 Å². The van der Waals surface area contributed by atoms with Crippen LogP contribution in [0.1, 0.15) is 61.0 Å². The molecule has 1 aliphatic carbocycles. The predicted molar refractivity (Wildman–Crippen MR) is 235 cm³/mol. The van der Waals surface area contributed by atoms with Gasteiger partial charge in [-0.3, -0.25) is 14.5 Å². The molecule has 2 aliphatic heterocycles. The van der Waals surface area contributed by atoms with E-state index in [1.807, 2.05) is 54.7 Å². The first kappa shape index (κ1) is 40.5. The molecule has 0 radical (unpaired) electrons. The molecule has 5 aromatic rings. The lowest BCUT2D eigenvalue weighted by Crippen LogP contribution is -2.47. The van der Waals surface area contributed by atoms with Gasteiger partial charge in [0.15, 0.2) is 0 Å². The number of rotatable bonds is 11. The van der Waals surface area contributed by atoms with Gasteiger partial charge < -0.3 is 24.8 Å². The summed E-state index contributed by atoms with van der Waals surface area (Å²) in [4.78, 5) is 35.5. The fraction of sp³-hybridized carbons (Fsp3) is 0.348. The van der Waals surface area contributed by atoms with Crippen molar-refractivity contribution >= 4 is 61.3 Å². The summed E-state index contributed by atoms with van der Waals surface area (Å²) in [5, 5.41) is 5.03. The van der Waals surface area contributed by atoms with Gasteiger partial charge in [0.25, 0.3) is 15.9 Å². The summed E-state index contributed by atoms with van der Waals surface area (Å²) in [6, 6.07) is 25.7. The Hall–Kier alpha value is -5.30. The Morgan fingerprint density at radius 2 is 1.75 bits per heavy atom. The Balaban J connectivity index is 0.997. The van der Waals surface area contributed by atoms with Gasteiger partial charge in [-0.05, 0) is 115 Å². The lowest BCUT2D eigenvalue weighted by atomic mass is 9.72. The Morgan fingerprint density at radius 1 is 0.966 bits per heavy atom. The first-order chi connectivity index (χ1) is 28.2. The maximum atomic E-state index is 13.9. The van der Waals surface area contributed by atoms with Crippen molar-refractivity contribution in [2.45, 2.75) is 57.4 Å². The smallest absolute Gasteiger partial charge is 0.268 e. The molecule has 3 heterocycles. The Bertz CT molecular complexity index is 2540. The third kappa shape index (κ3) is 9.15. The number of likely N-dealkylation sites (tertiary alicyclic amines) is 1. The lowest BCUT2D eigenvalue weighted by molar-refractivity contribution is -0.126. The topological polar surface area (TPSA) is 127 Å². The molecule has 0 bridgehead atoms. The Morgan fingerprint density at radius 3 is 2.47 bits per heavy atom. The first-order valence-corrected chi connectivity index (χ1v) is 22.1. The van der Waals surface area contributed by atoms with Gasteiger partial charge in [-0.15, -0.1) is 0 Å². The van der Waals surface area contributed by atoms with Crippen LogP contribution in [0.25, 0.3) is 16.5 Å².